The molecular formula is C22H35IN6O. The average molecular weight is 526 g/mol. The Hall–Kier alpha value is -1.65. The van der Waals surface area contributed by atoms with Gasteiger partial charge in [0.15, 0.2) is 5.96 Å². The van der Waals surface area contributed by atoms with E-state index in [-0.39, 0.29) is 24.0 Å². The third-order valence-corrected chi connectivity index (χ3v) is 5.06. The molecule has 0 saturated carbocycles. The van der Waals surface area contributed by atoms with Gasteiger partial charge in [0.2, 0.25) is 0 Å². The van der Waals surface area contributed by atoms with Gasteiger partial charge in [0.1, 0.15) is 0 Å². The van der Waals surface area contributed by atoms with E-state index in [1.165, 1.54) is 5.56 Å². The molecule has 8 heteroatoms. The third kappa shape index (κ3) is 7.88. The minimum Gasteiger partial charge on any atom is -0.379 e. The molecule has 2 aromatic rings. The number of guanidine groups is 1. The topological polar surface area (TPSA) is 66.7 Å². The van der Waals surface area contributed by atoms with Crippen molar-refractivity contribution in [2.24, 2.45) is 4.99 Å². The fraction of sp³-hybridized carbons (Fsp3) is 0.545. The van der Waals surface area contributed by atoms with Crippen molar-refractivity contribution in [1.29, 1.82) is 0 Å². The molecule has 2 N–H and O–H groups in total. The van der Waals surface area contributed by atoms with Crippen LogP contribution in [0.25, 0.3) is 5.69 Å². The van der Waals surface area contributed by atoms with Crippen molar-refractivity contribution in [3.05, 3.63) is 47.8 Å². The summed E-state index contributed by atoms with van der Waals surface area (Å²) >= 11 is 0. The second kappa shape index (κ2) is 13.6. The van der Waals surface area contributed by atoms with E-state index in [0.29, 0.717) is 0 Å². The summed E-state index contributed by atoms with van der Waals surface area (Å²) in [7, 11) is 0. The summed E-state index contributed by atoms with van der Waals surface area (Å²) in [6.45, 7) is 11.5. The number of aryl methyl sites for hydroxylation is 2. The molecule has 1 fully saturated rings. The second-order valence-corrected chi connectivity index (χ2v) is 7.26. The molecule has 166 valence electrons. The Morgan fingerprint density at radius 1 is 1.17 bits per heavy atom. The number of para-hydroxylation sites is 1. The van der Waals surface area contributed by atoms with Gasteiger partial charge in [0.25, 0.3) is 0 Å². The number of hydrogen-bond acceptors (Lipinski definition) is 4. The number of hydrogen-bond donors (Lipinski definition) is 2. The zero-order chi connectivity index (χ0) is 20.3. The van der Waals surface area contributed by atoms with E-state index in [1.54, 1.807) is 0 Å². The smallest absolute Gasteiger partial charge is 0.191 e. The molecule has 0 aliphatic carbocycles. The van der Waals surface area contributed by atoms with E-state index >= 15 is 0 Å². The van der Waals surface area contributed by atoms with Gasteiger partial charge in [0, 0.05) is 45.5 Å². The molecule has 1 saturated heterocycles. The first-order valence-corrected chi connectivity index (χ1v) is 10.7. The van der Waals surface area contributed by atoms with Gasteiger partial charge in [-0.05, 0) is 44.4 Å². The number of aliphatic imine (C=N–C) groups is 1. The number of morpholine rings is 1. The summed E-state index contributed by atoms with van der Waals surface area (Å²) in [4.78, 5) is 7.15. The molecule has 3 rings (SSSR count). The first kappa shape index (κ1) is 24.6. The summed E-state index contributed by atoms with van der Waals surface area (Å²) < 4.78 is 7.36. The molecular weight excluding hydrogens is 491 g/mol. The van der Waals surface area contributed by atoms with E-state index in [9.17, 15) is 0 Å². The molecule has 1 aliphatic rings. The lowest BCUT2D eigenvalue weighted by Crippen LogP contribution is -2.44. The van der Waals surface area contributed by atoms with Gasteiger partial charge < -0.3 is 15.4 Å². The van der Waals surface area contributed by atoms with Crippen molar-refractivity contribution in [3.63, 3.8) is 0 Å². The van der Waals surface area contributed by atoms with E-state index in [4.69, 9.17) is 9.73 Å². The summed E-state index contributed by atoms with van der Waals surface area (Å²) in [5.74, 6) is 0.900. The normalized spacial score (nSPS) is 14.9. The lowest BCUT2D eigenvalue weighted by Gasteiger charge is -2.26. The number of rotatable bonds is 9. The van der Waals surface area contributed by atoms with Crippen molar-refractivity contribution in [2.75, 3.05) is 52.5 Å². The number of benzene rings is 1. The first-order chi connectivity index (χ1) is 14.3. The highest BCUT2D eigenvalue weighted by atomic mass is 127. The van der Waals surface area contributed by atoms with Crippen LogP contribution in [-0.4, -0.2) is 73.1 Å². The molecule has 1 aromatic heterocycles. The van der Waals surface area contributed by atoms with Gasteiger partial charge >= 0.3 is 0 Å². The Morgan fingerprint density at radius 3 is 2.67 bits per heavy atom. The van der Waals surface area contributed by atoms with Crippen molar-refractivity contribution < 1.29 is 4.74 Å². The quantitative estimate of drug-likeness (QED) is 0.228. The highest BCUT2D eigenvalue weighted by Gasteiger charge is 2.10. The average Bonchev–Trinajstić information content (AvgIpc) is 3.13. The number of aromatic nitrogens is 2. The second-order valence-electron chi connectivity index (χ2n) is 7.26. The largest absolute Gasteiger partial charge is 0.379 e. The Balaban J connectivity index is 0.00000320. The standard InChI is InChI=1S/C22H34N6O.HI/c1-3-23-22(25-12-13-27-14-16-29-17-15-27)24-11-7-8-20-18-28(26-19(20)2)21-9-5-4-6-10-21;/h4-6,9-10,18H,3,7-8,11-17H2,1-2H3,(H2,23,24,25);1H. The Bertz CT molecular complexity index is 758. The van der Waals surface area contributed by atoms with Crippen molar-refractivity contribution in [1.82, 2.24) is 25.3 Å². The highest BCUT2D eigenvalue weighted by molar-refractivity contribution is 14.0. The lowest BCUT2D eigenvalue weighted by atomic mass is 10.1. The van der Waals surface area contributed by atoms with Crippen LogP contribution in [0.3, 0.4) is 0 Å². The number of ether oxygens (including phenoxy) is 1. The maximum atomic E-state index is 5.40. The lowest BCUT2D eigenvalue weighted by molar-refractivity contribution is 0.0389. The molecule has 0 spiro atoms. The van der Waals surface area contributed by atoms with Crippen molar-refractivity contribution >= 4 is 29.9 Å². The fourth-order valence-electron chi connectivity index (χ4n) is 3.41. The summed E-state index contributed by atoms with van der Waals surface area (Å²) in [6.07, 6.45) is 4.12. The molecule has 1 aliphatic heterocycles. The zero-order valence-corrected chi connectivity index (χ0v) is 20.5. The van der Waals surface area contributed by atoms with Crippen LogP contribution in [-0.2, 0) is 11.2 Å². The van der Waals surface area contributed by atoms with Crippen LogP contribution in [0.1, 0.15) is 24.6 Å². The maximum Gasteiger partial charge on any atom is 0.191 e. The van der Waals surface area contributed by atoms with E-state index in [2.05, 4.69) is 52.8 Å². The zero-order valence-electron chi connectivity index (χ0n) is 18.1. The van der Waals surface area contributed by atoms with Crippen LogP contribution in [0.15, 0.2) is 41.5 Å². The summed E-state index contributed by atoms with van der Waals surface area (Å²) in [6, 6.07) is 10.2. The van der Waals surface area contributed by atoms with Gasteiger partial charge in [-0.25, -0.2) is 4.68 Å². The van der Waals surface area contributed by atoms with Crippen LogP contribution in [0.5, 0.6) is 0 Å². The molecule has 0 bridgehead atoms. The van der Waals surface area contributed by atoms with Crippen molar-refractivity contribution in [2.45, 2.75) is 26.7 Å². The molecule has 1 aromatic carbocycles. The summed E-state index contributed by atoms with van der Waals surface area (Å²) in [5.41, 5.74) is 3.47. The molecule has 0 atom stereocenters. The van der Waals surface area contributed by atoms with Crippen LogP contribution < -0.4 is 10.6 Å². The Labute approximate surface area is 197 Å². The van der Waals surface area contributed by atoms with Gasteiger partial charge in [-0.1, -0.05) is 18.2 Å². The van der Waals surface area contributed by atoms with Crippen molar-refractivity contribution in [3.8, 4) is 5.69 Å². The van der Waals surface area contributed by atoms with Gasteiger partial charge in [0.05, 0.1) is 24.6 Å². The number of nitrogens with one attached hydrogen (secondary N) is 2. The fourth-order valence-corrected chi connectivity index (χ4v) is 3.41. The molecule has 30 heavy (non-hydrogen) atoms. The van der Waals surface area contributed by atoms with Crippen LogP contribution in [0, 0.1) is 6.92 Å². The van der Waals surface area contributed by atoms with E-state index < -0.39 is 0 Å². The third-order valence-electron chi connectivity index (χ3n) is 5.06. The monoisotopic (exact) mass is 526 g/mol. The highest BCUT2D eigenvalue weighted by Crippen LogP contribution is 2.13. The number of halogens is 1. The minimum atomic E-state index is 0. The molecule has 7 nitrogen and oxygen atoms in total. The predicted octanol–water partition coefficient (Wildman–Crippen LogP) is 2.62. The van der Waals surface area contributed by atoms with Crippen LogP contribution >= 0.6 is 24.0 Å². The minimum absolute atomic E-state index is 0. The Morgan fingerprint density at radius 2 is 1.93 bits per heavy atom. The van der Waals surface area contributed by atoms with Crippen LogP contribution in [0.2, 0.25) is 0 Å². The molecule has 0 radical (unpaired) electrons. The van der Waals surface area contributed by atoms with E-state index in [0.717, 1.165) is 82.7 Å². The van der Waals surface area contributed by atoms with Gasteiger partial charge in [-0.15, -0.1) is 24.0 Å². The van der Waals surface area contributed by atoms with Crippen LogP contribution in [0.4, 0.5) is 0 Å². The molecule has 2 heterocycles. The Kier molecular flexibility index (Phi) is 11.2. The van der Waals surface area contributed by atoms with Gasteiger partial charge in [-0.3, -0.25) is 9.89 Å². The molecule has 0 unspecified atom stereocenters. The maximum absolute atomic E-state index is 5.40. The molecule has 0 amide bonds. The van der Waals surface area contributed by atoms with E-state index in [1.807, 2.05) is 22.9 Å². The van der Waals surface area contributed by atoms with Gasteiger partial charge in [-0.2, -0.15) is 5.10 Å². The predicted molar refractivity (Wildman–Crippen MR) is 133 cm³/mol. The SMILES string of the molecule is CCNC(=NCCCc1cn(-c2ccccc2)nc1C)NCCN1CCOCC1.I. The number of nitrogens with zero attached hydrogens (tertiary/aromatic N) is 4. The summed E-state index contributed by atoms with van der Waals surface area (Å²) in [5, 5.41) is 11.4. The first-order valence-electron chi connectivity index (χ1n) is 10.7.